The maximum Gasteiger partial charge on any atom is 0.291 e. The van der Waals surface area contributed by atoms with Crippen molar-refractivity contribution in [2.75, 3.05) is 37.4 Å². The molecule has 0 aliphatic carbocycles. The molecule has 0 bridgehead atoms. The lowest BCUT2D eigenvalue weighted by molar-refractivity contribution is 0.0548. The average Bonchev–Trinajstić information content (AvgIpc) is 2.75. The van der Waals surface area contributed by atoms with Crippen molar-refractivity contribution in [2.45, 2.75) is 84.3 Å². The first kappa shape index (κ1) is 33.2. The zero-order valence-corrected chi connectivity index (χ0v) is 24.3. The highest BCUT2D eigenvalue weighted by atomic mass is 32.2. The van der Waals surface area contributed by atoms with Crippen molar-refractivity contribution in [2.24, 2.45) is 0 Å². The first-order chi connectivity index (χ1) is 15.2. The van der Waals surface area contributed by atoms with E-state index in [2.05, 4.69) is 8.37 Å². The molecule has 10 nitrogen and oxygen atoms in total. The fourth-order valence-corrected chi connectivity index (χ4v) is 8.20. The maximum absolute atomic E-state index is 12.8. The summed E-state index contributed by atoms with van der Waals surface area (Å²) in [7, 11) is -12.1. The molecule has 0 aromatic rings. The largest absolute Gasteiger partial charge is 0.349 e. The Morgan fingerprint density at radius 3 is 1.24 bits per heavy atom. The van der Waals surface area contributed by atoms with Crippen LogP contribution < -0.4 is 0 Å². The summed E-state index contributed by atoms with van der Waals surface area (Å²) < 4.78 is 92.6. The Kier molecular flexibility index (Phi) is 15.4. The van der Waals surface area contributed by atoms with E-state index in [0.717, 1.165) is 0 Å². The Balaban J connectivity index is 4.59. The molecule has 0 aromatic carbocycles. The summed E-state index contributed by atoms with van der Waals surface area (Å²) in [5, 5.41) is -2.08. The van der Waals surface area contributed by atoms with E-state index < -0.39 is 58.4 Å². The summed E-state index contributed by atoms with van der Waals surface area (Å²) in [6, 6.07) is 0. The molecule has 0 N–H and O–H groups in total. The molecule has 0 aromatic heterocycles. The van der Waals surface area contributed by atoms with Gasteiger partial charge in [0.2, 0.25) is 0 Å². The Hall–Kier alpha value is 0.200. The van der Waals surface area contributed by atoms with Crippen LogP contribution in [0.5, 0.6) is 0 Å². The zero-order valence-electron chi connectivity index (χ0n) is 20.7. The molecule has 0 aliphatic heterocycles. The highest BCUT2D eigenvalue weighted by Crippen LogP contribution is 2.45. The first-order valence-corrected chi connectivity index (χ1v) is 17.7. The van der Waals surface area contributed by atoms with Crippen LogP contribution in [-0.2, 0) is 47.2 Å². The van der Waals surface area contributed by atoms with Crippen molar-refractivity contribution in [3.05, 3.63) is 0 Å². The van der Waals surface area contributed by atoms with Gasteiger partial charge >= 0.3 is 0 Å². The van der Waals surface area contributed by atoms with E-state index >= 15 is 0 Å². The number of rotatable bonds is 20. The van der Waals surface area contributed by atoms with Crippen molar-refractivity contribution in [3.63, 3.8) is 0 Å². The number of unbranched alkanes of at least 4 members (excludes halogenated alkanes) is 2. The normalized spacial score (nSPS) is 18.4. The third-order valence-electron chi connectivity index (χ3n) is 5.48. The lowest BCUT2D eigenvalue weighted by Crippen LogP contribution is -2.28. The van der Waals surface area contributed by atoms with Gasteiger partial charge in [0.1, 0.15) is 26.3 Å². The van der Waals surface area contributed by atoms with Crippen LogP contribution in [0.4, 0.5) is 0 Å². The fourth-order valence-electron chi connectivity index (χ4n) is 2.87. The lowest BCUT2D eigenvalue weighted by Gasteiger charge is -2.28. The van der Waals surface area contributed by atoms with Crippen molar-refractivity contribution in [1.82, 2.24) is 0 Å². The van der Waals surface area contributed by atoms with Gasteiger partial charge in [-0.2, -0.15) is 16.8 Å². The molecule has 33 heavy (non-hydrogen) atoms. The molecule has 0 saturated carbocycles. The van der Waals surface area contributed by atoms with E-state index in [1.807, 2.05) is 0 Å². The van der Waals surface area contributed by atoms with E-state index in [0.29, 0.717) is 44.4 Å². The SMILES string of the molecule is CCOS(=O)(=O)COC(C)(CC)[PH](=O)CCCCC[PH](=O)C(C)(CC)OCS(=O)(=O)OCC. The van der Waals surface area contributed by atoms with Crippen LogP contribution in [0, 0.1) is 0 Å². The summed E-state index contributed by atoms with van der Waals surface area (Å²) in [6.45, 7) is 10.0. The van der Waals surface area contributed by atoms with Gasteiger partial charge in [0.25, 0.3) is 20.2 Å². The van der Waals surface area contributed by atoms with Crippen molar-refractivity contribution < 1.29 is 43.8 Å². The van der Waals surface area contributed by atoms with Crippen molar-refractivity contribution >= 4 is 35.8 Å². The Morgan fingerprint density at radius 2 is 0.970 bits per heavy atom. The predicted molar refractivity (Wildman–Crippen MR) is 132 cm³/mol. The Bertz CT molecular complexity index is 764. The summed E-state index contributed by atoms with van der Waals surface area (Å²) in [6.07, 6.45) is 3.49. The van der Waals surface area contributed by atoms with Gasteiger partial charge in [-0.25, -0.2) is 0 Å². The average molecular weight is 557 g/mol. The predicted octanol–water partition coefficient (Wildman–Crippen LogP) is 4.21. The molecular formula is C19H42O10P2S2. The molecule has 0 radical (unpaired) electrons. The maximum atomic E-state index is 12.8. The summed E-state index contributed by atoms with van der Waals surface area (Å²) in [4.78, 5) is 0. The van der Waals surface area contributed by atoms with E-state index in [9.17, 15) is 26.0 Å². The van der Waals surface area contributed by atoms with Gasteiger partial charge in [-0.1, -0.05) is 20.3 Å². The highest BCUT2D eigenvalue weighted by Gasteiger charge is 2.33. The van der Waals surface area contributed by atoms with Gasteiger partial charge in [-0.15, -0.1) is 0 Å². The topological polar surface area (TPSA) is 139 Å². The third kappa shape index (κ3) is 12.6. The molecule has 0 fully saturated rings. The molecule has 0 amide bonds. The van der Waals surface area contributed by atoms with Gasteiger partial charge in [0.05, 0.1) is 13.2 Å². The van der Waals surface area contributed by atoms with E-state index in [4.69, 9.17) is 9.47 Å². The van der Waals surface area contributed by atoms with Crippen molar-refractivity contribution in [1.29, 1.82) is 0 Å². The van der Waals surface area contributed by atoms with Crippen LogP contribution in [0.1, 0.15) is 73.6 Å². The van der Waals surface area contributed by atoms with Crippen molar-refractivity contribution in [3.8, 4) is 0 Å². The van der Waals surface area contributed by atoms with Gasteiger partial charge in [-0.05, 0) is 53.4 Å². The highest BCUT2D eigenvalue weighted by molar-refractivity contribution is 7.86. The number of ether oxygens (including phenoxy) is 2. The lowest BCUT2D eigenvalue weighted by atomic mass is 10.3. The molecule has 4 atom stereocenters. The quantitative estimate of drug-likeness (QED) is 0.122. The molecular weight excluding hydrogens is 514 g/mol. The van der Waals surface area contributed by atoms with Crippen LogP contribution >= 0.6 is 15.6 Å². The van der Waals surface area contributed by atoms with Crippen LogP contribution in [0.15, 0.2) is 0 Å². The first-order valence-electron chi connectivity index (χ1n) is 11.3. The van der Waals surface area contributed by atoms with Gasteiger partial charge in [-0.3, -0.25) is 8.37 Å². The molecule has 200 valence electrons. The van der Waals surface area contributed by atoms with Crippen LogP contribution in [-0.4, -0.2) is 64.9 Å². The monoisotopic (exact) mass is 556 g/mol. The minimum Gasteiger partial charge on any atom is -0.349 e. The Labute approximate surface area is 201 Å². The smallest absolute Gasteiger partial charge is 0.291 e. The fraction of sp³-hybridized carbons (Fsp3) is 1.00. The van der Waals surface area contributed by atoms with E-state index in [-0.39, 0.29) is 13.2 Å². The number of hydrogen-bond donors (Lipinski definition) is 0. The summed E-state index contributed by atoms with van der Waals surface area (Å²) >= 11 is 0. The standard InChI is InChI=1S/C19H42O10P2S2/c1-7-18(5,26-16-32(22,23)28-9-3)30(20)14-12-11-13-15-31(21)19(6,8-2)27-17-33(24,25)29-10-4/h30-31H,7-17H2,1-6H3. The number of hydrogen-bond acceptors (Lipinski definition) is 10. The zero-order chi connectivity index (χ0) is 25.8. The minimum absolute atomic E-state index is 0.0112. The third-order valence-corrected chi connectivity index (χ3v) is 12.4. The molecule has 0 saturated heterocycles. The molecule has 14 heteroatoms. The molecule has 0 aliphatic rings. The minimum atomic E-state index is -3.81. The summed E-state index contributed by atoms with van der Waals surface area (Å²) in [5.74, 6) is -1.28. The second-order valence-electron chi connectivity index (χ2n) is 8.03. The van der Waals surface area contributed by atoms with Crippen LogP contribution in [0.25, 0.3) is 0 Å². The van der Waals surface area contributed by atoms with Crippen LogP contribution in [0.3, 0.4) is 0 Å². The molecule has 0 spiro atoms. The van der Waals surface area contributed by atoms with Gasteiger partial charge in [0.15, 0.2) is 11.9 Å². The second kappa shape index (κ2) is 15.3. The second-order valence-corrected chi connectivity index (χ2v) is 16.0. The van der Waals surface area contributed by atoms with Gasteiger partial charge in [0, 0.05) is 12.3 Å². The molecule has 4 unspecified atom stereocenters. The van der Waals surface area contributed by atoms with Gasteiger partial charge < -0.3 is 18.6 Å². The van der Waals surface area contributed by atoms with E-state index in [1.165, 1.54) is 0 Å². The molecule has 0 rings (SSSR count). The van der Waals surface area contributed by atoms with Crippen LogP contribution in [0.2, 0.25) is 0 Å². The molecule has 0 heterocycles. The summed E-state index contributed by atoms with van der Waals surface area (Å²) in [5.41, 5.74) is 0. The Morgan fingerprint density at radius 1 is 0.636 bits per heavy atom. The van der Waals surface area contributed by atoms with E-state index in [1.54, 1.807) is 41.5 Å².